The lowest BCUT2D eigenvalue weighted by Gasteiger charge is -2.13. The second kappa shape index (κ2) is 8.28. The van der Waals surface area contributed by atoms with Crippen molar-refractivity contribution in [3.8, 4) is 11.5 Å². The lowest BCUT2D eigenvalue weighted by Crippen LogP contribution is -2.19. The Balaban J connectivity index is 2.00. The van der Waals surface area contributed by atoms with E-state index in [1.807, 2.05) is 18.2 Å². The van der Waals surface area contributed by atoms with E-state index in [2.05, 4.69) is 10.5 Å². The summed E-state index contributed by atoms with van der Waals surface area (Å²) in [6.45, 7) is 2.48. The molecule has 0 unspecified atom stereocenters. The predicted octanol–water partition coefficient (Wildman–Crippen LogP) is 2.00. The Morgan fingerprint density at radius 2 is 2.14 bits per heavy atom. The Bertz CT molecular complexity index is 528. The SMILES string of the molecule is COCCNCc1ccc(OC)cc1OCc1ccno1. The average Bonchev–Trinajstić information content (AvgIpc) is 3.03. The van der Waals surface area contributed by atoms with E-state index in [1.54, 1.807) is 26.5 Å². The highest BCUT2D eigenvalue weighted by molar-refractivity contribution is 5.40. The Morgan fingerprint density at radius 1 is 1.24 bits per heavy atom. The number of aromatic nitrogens is 1. The Hall–Kier alpha value is -2.05. The largest absolute Gasteiger partial charge is 0.497 e. The number of rotatable bonds is 9. The van der Waals surface area contributed by atoms with Crippen LogP contribution in [0.5, 0.6) is 11.5 Å². The summed E-state index contributed by atoms with van der Waals surface area (Å²) in [5.74, 6) is 2.19. The van der Waals surface area contributed by atoms with E-state index in [0.717, 1.165) is 23.6 Å². The van der Waals surface area contributed by atoms with Crippen molar-refractivity contribution in [2.45, 2.75) is 13.2 Å². The Labute approximate surface area is 124 Å². The van der Waals surface area contributed by atoms with Crippen LogP contribution in [-0.2, 0) is 17.9 Å². The first-order valence-electron chi connectivity index (χ1n) is 6.72. The molecule has 1 heterocycles. The third-order valence-corrected chi connectivity index (χ3v) is 2.93. The van der Waals surface area contributed by atoms with Gasteiger partial charge in [-0.05, 0) is 6.07 Å². The molecule has 1 N–H and O–H groups in total. The molecular formula is C15H20N2O4. The highest BCUT2D eigenvalue weighted by atomic mass is 16.5. The summed E-state index contributed by atoms with van der Waals surface area (Å²) in [6.07, 6.45) is 1.59. The number of nitrogens with zero attached hydrogens (tertiary/aromatic N) is 1. The Kier molecular flexibility index (Phi) is 6.05. The van der Waals surface area contributed by atoms with E-state index in [1.165, 1.54) is 0 Å². The molecule has 0 saturated heterocycles. The zero-order valence-electron chi connectivity index (χ0n) is 12.3. The minimum Gasteiger partial charge on any atom is -0.497 e. The van der Waals surface area contributed by atoms with Crippen LogP contribution < -0.4 is 14.8 Å². The van der Waals surface area contributed by atoms with Crippen LogP contribution in [-0.4, -0.2) is 32.5 Å². The second-order valence-corrected chi connectivity index (χ2v) is 4.41. The highest BCUT2D eigenvalue weighted by Gasteiger charge is 2.07. The number of hydrogen-bond acceptors (Lipinski definition) is 6. The van der Waals surface area contributed by atoms with Crippen LogP contribution in [0.2, 0.25) is 0 Å². The summed E-state index contributed by atoms with van der Waals surface area (Å²) in [5.41, 5.74) is 1.05. The third kappa shape index (κ3) is 4.77. The molecule has 0 saturated carbocycles. The van der Waals surface area contributed by atoms with Gasteiger partial charge in [-0.25, -0.2) is 0 Å². The quantitative estimate of drug-likeness (QED) is 0.713. The molecule has 0 radical (unpaired) electrons. The predicted molar refractivity (Wildman–Crippen MR) is 77.4 cm³/mol. The number of methoxy groups -OCH3 is 2. The molecule has 6 heteroatoms. The number of benzene rings is 1. The van der Waals surface area contributed by atoms with Crippen LogP contribution in [0.15, 0.2) is 35.0 Å². The third-order valence-electron chi connectivity index (χ3n) is 2.93. The zero-order valence-corrected chi connectivity index (χ0v) is 12.3. The van der Waals surface area contributed by atoms with Crippen molar-refractivity contribution in [3.05, 3.63) is 41.8 Å². The van der Waals surface area contributed by atoms with Crippen molar-refractivity contribution in [2.75, 3.05) is 27.4 Å². The molecule has 0 spiro atoms. The monoisotopic (exact) mass is 292 g/mol. The molecule has 0 aliphatic carbocycles. The van der Waals surface area contributed by atoms with Gasteiger partial charge in [-0.1, -0.05) is 11.2 Å². The van der Waals surface area contributed by atoms with Crippen molar-refractivity contribution >= 4 is 0 Å². The van der Waals surface area contributed by atoms with Crippen molar-refractivity contribution < 1.29 is 18.7 Å². The number of ether oxygens (including phenoxy) is 3. The maximum atomic E-state index is 5.80. The first-order chi connectivity index (χ1) is 10.3. The highest BCUT2D eigenvalue weighted by Crippen LogP contribution is 2.25. The van der Waals surface area contributed by atoms with Gasteiger partial charge in [0.25, 0.3) is 0 Å². The van der Waals surface area contributed by atoms with Gasteiger partial charge in [0.1, 0.15) is 18.1 Å². The summed E-state index contributed by atoms with van der Waals surface area (Å²) in [5, 5.41) is 6.95. The minimum absolute atomic E-state index is 0.332. The number of nitrogens with one attached hydrogen (secondary N) is 1. The van der Waals surface area contributed by atoms with Gasteiger partial charge in [0.05, 0.1) is 19.9 Å². The fraction of sp³-hybridized carbons (Fsp3) is 0.400. The summed E-state index contributed by atoms with van der Waals surface area (Å²) in [6, 6.07) is 7.53. The van der Waals surface area contributed by atoms with E-state index >= 15 is 0 Å². The molecule has 6 nitrogen and oxygen atoms in total. The van der Waals surface area contributed by atoms with E-state index in [9.17, 15) is 0 Å². The molecule has 0 aliphatic heterocycles. The van der Waals surface area contributed by atoms with Crippen LogP contribution in [0.3, 0.4) is 0 Å². The van der Waals surface area contributed by atoms with Gasteiger partial charge in [-0.2, -0.15) is 0 Å². The summed E-state index contributed by atoms with van der Waals surface area (Å²) in [7, 11) is 3.31. The Morgan fingerprint density at radius 3 is 2.86 bits per heavy atom. The molecule has 0 aliphatic rings. The number of hydrogen-bond donors (Lipinski definition) is 1. The van der Waals surface area contributed by atoms with Gasteiger partial charge in [0.15, 0.2) is 5.76 Å². The van der Waals surface area contributed by atoms with Crippen LogP contribution in [0, 0.1) is 0 Å². The molecule has 0 atom stereocenters. The summed E-state index contributed by atoms with van der Waals surface area (Å²) in [4.78, 5) is 0. The van der Waals surface area contributed by atoms with Gasteiger partial charge in [-0.3, -0.25) is 0 Å². The molecule has 0 fully saturated rings. The topological polar surface area (TPSA) is 65.8 Å². The lowest BCUT2D eigenvalue weighted by atomic mass is 10.2. The first kappa shape index (κ1) is 15.3. The smallest absolute Gasteiger partial charge is 0.174 e. The van der Waals surface area contributed by atoms with Gasteiger partial charge >= 0.3 is 0 Å². The molecule has 1 aromatic heterocycles. The van der Waals surface area contributed by atoms with E-state index in [4.69, 9.17) is 18.7 Å². The maximum absolute atomic E-state index is 5.80. The fourth-order valence-electron chi connectivity index (χ4n) is 1.80. The van der Waals surface area contributed by atoms with Crippen molar-refractivity contribution in [1.82, 2.24) is 10.5 Å². The van der Waals surface area contributed by atoms with Crippen LogP contribution >= 0.6 is 0 Å². The molecule has 21 heavy (non-hydrogen) atoms. The minimum atomic E-state index is 0.332. The zero-order chi connectivity index (χ0) is 14.9. The van der Waals surface area contributed by atoms with E-state index in [-0.39, 0.29) is 0 Å². The van der Waals surface area contributed by atoms with E-state index < -0.39 is 0 Å². The molecule has 0 bridgehead atoms. The van der Waals surface area contributed by atoms with Crippen LogP contribution in [0.25, 0.3) is 0 Å². The van der Waals surface area contributed by atoms with Gasteiger partial charge in [-0.15, -0.1) is 0 Å². The van der Waals surface area contributed by atoms with Gasteiger partial charge < -0.3 is 24.1 Å². The van der Waals surface area contributed by atoms with Crippen molar-refractivity contribution in [1.29, 1.82) is 0 Å². The molecule has 2 rings (SSSR count). The molecular weight excluding hydrogens is 272 g/mol. The average molecular weight is 292 g/mol. The molecule has 0 amide bonds. The first-order valence-corrected chi connectivity index (χ1v) is 6.72. The summed E-state index contributed by atoms with van der Waals surface area (Å²) < 4.78 is 21.1. The maximum Gasteiger partial charge on any atom is 0.174 e. The molecule has 1 aromatic carbocycles. The second-order valence-electron chi connectivity index (χ2n) is 4.41. The van der Waals surface area contributed by atoms with Crippen molar-refractivity contribution in [2.24, 2.45) is 0 Å². The lowest BCUT2D eigenvalue weighted by molar-refractivity contribution is 0.198. The molecule has 114 valence electrons. The standard InChI is InChI=1S/C15H20N2O4/c1-18-8-7-16-10-12-3-4-13(19-2)9-15(12)20-11-14-5-6-17-21-14/h3-6,9,16H,7-8,10-11H2,1-2H3. The van der Waals surface area contributed by atoms with Crippen molar-refractivity contribution in [3.63, 3.8) is 0 Å². The van der Waals surface area contributed by atoms with Crippen LogP contribution in [0.1, 0.15) is 11.3 Å². The van der Waals surface area contributed by atoms with Gasteiger partial charge in [0.2, 0.25) is 0 Å². The normalized spacial score (nSPS) is 10.6. The van der Waals surface area contributed by atoms with E-state index in [0.29, 0.717) is 25.5 Å². The molecule has 2 aromatic rings. The fourth-order valence-corrected chi connectivity index (χ4v) is 1.80. The summed E-state index contributed by atoms with van der Waals surface area (Å²) >= 11 is 0. The van der Waals surface area contributed by atoms with Gasteiger partial charge in [0, 0.05) is 37.9 Å². The van der Waals surface area contributed by atoms with Crippen LogP contribution in [0.4, 0.5) is 0 Å².